The van der Waals surface area contributed by atoms with Crippen molar-refractivity contribution in [3.63, 3.8) is 0 Å². The van der Waals surface area contributed by atoms with E-state index in [1.165, 1.54) is 0 Å². The maximum Gasteiger partial charge on any atom is 0.227 e. The average molecular weight is 284 g/mol. The minimum Gasteiger partial charge on any atom is -0.348 e. The van der Waals surface area contributed by atoms with Crippen LogP contribution in [0.4, 0.5) is 0 Å². The molecule has 0 rings (SSSR count). The van der Waals surface area contributed by atoms with Crippen molar-refractivity contribution in [1.82, 2.24) is 9.80 Å². The molecule has 2 amide bonds. The van der Waals surface area contributed by atoms with Crippen LogP contribution in [-0.4, -0.2) is 49.3 Å². The van der Waals surface area contributed by atoms with E-state index in [0.29, 0.717) is 0 Å². The van der Waals surface area contributed by atoms with Gasteiger partial charge < -0.3 is 9.80 Å². The van der Waals surface area contributed by atoms with E-state index in [-0.39, 0.29) is 22.6 Å². The molecule has 0 unspecified atom stereocenters. The summed E-state index contributed by atoms with van der Waals surface area (Å²) in [4.78, 5) is 27.5. The van der Waals surface area contributed by atoms with Crippen molar-refractivity contribution in [1.29, 1.82) is 0 Å². The molecular weight excluding hydrogens is 252 g/mol. The maximum atomic E-state index is 12.0. The highest BCUT2D eigenvalue weighted by molar-refractivity contribution is 5.81. The third-order valence-corrected chi connectivity index (χ3v) is 3.52. The molecule has 0 saturated heterocycles. The molecule has 0 aliphatic carbocycles. The van der Waals surface area contributed by atoms with E-state index in [2.05, 4.69) is 0 Å². The highest BCUT2D eigenvalue weighted by Gasteiger charge is 2.29. The molecule has 0 heterocycles. The molecule has 0 spiro atoms. The summed E-state index contributed by atoms with van der Waals surface area (Å²) in [6, 6.07) is 0. The fraction of sp³-hybridized carbons (Fsp3) is 0.875. The third kappa shape index (κ3) is 5.93. The van der Waals surface area contributed by atoms with Gasteiger partial charge in [0.2, 0.25) is 11.8 Å². The summed E-state index contributed by atoms with van der Waals surface area (Å²) < 4.78 is 0. The Kier molecular flexibility index (Phi) is 6.72. The number of hydrogen-bond donors (Lipinski definition) is 0. The lowest BCUT2D eigenvalue weighted by Gasteiger charge is -2.28. The minimum atomic E-state index is -0.324. The van der Waals surface area contributed by atoms with Gasteiger partial charge in [-0.2, -0.15) is 0 Å². The SMILES string of the molecule is CN(C)C(=O)C(C)(C)CCCCN(C)C(=O)C(C)(C)C. The summed E-state index contributed by atoms with van der Waals surface area (Å²) in [5, 5.41) is 0. The fourth-order valence-corrected chi connectivity index (χ4v) is 2.30. The quantitative estimate of drug-likeness (QED) is 0.704. The van der Waals surface area contributed by atoms with Crippen molar-refractivity contribution in [3.05, 3.63) is 0 Å². The molecular formula is C16H32N2O2. The average Bonchev–Trinajstić information content (AvgIpc) is 2.31. The zero-order chi connectivity index (χ0) is 16.1. The van der Waals surface area contributed by atoms with E-state index < -0.39 is 0 Å². The van der Waals surface area contributed by atoms with Gasteiger partial charge in [-0.3, -0.25) is 9.59 Å². The largest absolute Gasteiger partial charge is 0.348 e. The second-order valence-corrected chi connectivity index (χ2v) is 7.52. The lowest BCUT2D eigenvalue weighted by molar-refractivity contribution is -0.139. The molecule has 0 fully saturated rings. The third-order valence-electron chi connectivity index (χ3n) is 3.52. The van der Waals surface area contributed by atoms with Crippen LogP contribution in [0, 0.1) is 10.8 Å². The van der Waals surface area contributed by atoms with Crippen molar-refractivity contribution in [2.75, 3.05) is 27.7 Å². The van der Waals surface area contributed by atoms with E-state index in [9.17, 15) is 9.59 Å². The van der Waals surface area contributed by atoms with Crippen LogP contribution in [0.5, 0.6) is 0 Å². The molecule has 0 radical (unpaired) electrons. The van der Waals surface area contributed by atoms with Crippen molar-refractivity contribution in [2.24, 2.45) is 10.8 Å². The zero-order valence-corrected chi connectivity index (χ0v) is 14.5. The first kappa shape index (κ1) is 18.9. The second kappa shape index (κ2) is 7.09. The molecule has 0 saturated carbocycles. The van der Waals surface area contributed by atoms with Crippen molar-refractivity contribution in [2.45, 2.75) is 53.9 Å². The van der Waals surface area contributed by atoms with Crippen LogP contribution in [0.1, 0.15) is 53.9 Å². The molecule has 0 aliphatic heterocycles. The van der Waals surface area contributed by atoms with Gasteiger partial charge >= 0.3 is 0 Å². The topological polar surface area (TPSA) is 40.6 Å². The smallest absolute Gasteiger partial charge is 0.227 e. The number of rotatable bonds is 6. The van der Waals surface area contributed by atoms with E-state index in [4.69, 9.17) is 0 Å². The van der Waals surface area contributed by atoms with Gasteiger partial charge in [0.05, 0.1) is 0 Å². The first-order valence-corrected chi connectivity index (χ1v) is 7.37. The number of carbonyl (C=O) groups is 2. The van der Waals surface area contributed by atoms with Gasteiger partial charge in [-0.25, -0.2) is 0 Å². The first-order chi connectivity index (χ1) is 8.89. The van der Waals surface area contributed by atoms with Crippen LogP contribution in [-0.2, 0) is 9.59 Å². The Bertz CT molecular complexity index is 341. The van der Waals surface area contributed by atoms with Gasteiger partial charge in [0.25, 0.3) is 0 Å². The van der Waals surface area contributed by atoms with Crippen LogP contribution in [0.3, 0.4) is 0 Å². The highest BCUT2D eigenvalue weighted by atomic mass is 16.2. The van der Waals surface area contributed by atoms with Crippen LogP contribution in [0.15, 0.2) is 0 Å². The summed E-state index contributed by atoms with van der Waals surface area (Å²) >= 11 is 0. The van der Waals surface area contributed by atoms with Gasteiger partial charge in [0, 0.05) is 38.5 Å². The highest BCUT2D eigenvalue weighted by Crippen LogP contribution is 2.25. The maximum absolute atomic E-state index is 12.0. The fourth-order valence-electron chi connectivity index (χ4n) is 2.30. The van der Waals surface area contributed by atoms with Crippen LogP contribution in [0.25, 0.3) is 0 Å². The Hall–Kier alpha value is -1.06. The monoisotopic (exact) mass is 284 g/mol. The van der Waals surface area contributed by atoms with E-state index >= 15 is 0 Å². The molecule has 0 aliphatic rings. The summed E-state index contributed by atoms with van der Waals surface area (Å²) in [6.45, 7) is 10.5. The molecule has 0 bridgehead atoms. The van der Waals surface area contributed by atoms with Crippen molar-refractivity contribution >= 4 is 11.8 Å². The lowest BCUT2D eigenvalue weighted by atomic mass is 9.85. The summed E-state index contributed by atoms with van der Waals surface area (Å²) in [6.07, 6.45) is 2.73. The Morgan fingerprint density at radius 1 is 0.850 bits per heavy atom. The molecule has 0 atom stereocenters. The number of nitrogens with zero attached hydrogens (tertiary/aromatic N) is 2. The molecule has 0 aromatic carbocycles. The first-order valence-electron chi connectivity index (χ1n) is 7.37. The van der Waals surface area contributed by atoms with Crippen LogP contribution >= 0.6 is 0 Å². The van der Waals surface area contributed by atoms with E-state index in [1.54, 1.807) is 23.9 Å². The number of hydrogen-bond acceptors (Lipinski definition) is 2. The van der Waals surface area contributed by atoms with Crippen LogP contribution < -0.4 is 0 Å². The van der Waals surface area contributed by atoms with E-state index in [1.807, 2.05) is 41.7 Å². The molecule has 0 aromatic heterocycles. The molecule has 4 heteroatoms. The molecule has 4 nitrogen and oxygen atoms in total. The predicted octanol–water partition coefficient (Wildman–Crippen LogP) is 2.78. The molecule has 0 aromatic rings. The predicted molar refractivity (Wildman–Crippen MR) is 83.4 cm³/mol. The number of carbonyl (C=O) groups excluding carboxylic acids is 2. The Morgan fingerprint density at radius 2 is 1.35 bits per heavy atom. The Balaban J connectivity index is 4.15. The van der Waals surface area contributed by atoms with Gasteiger partial charge in [0.1, 0.15) is 0 Å². The summed E-state index contributed by atoms with van der Waals surface area (Å²) in [5.74, 6) is 0.331. The van der Waals surface area contributed by atoms with Gasteiger partial charge in [-0.15, -0.1) is 0 Å². The minimum absolute atomic E-state index is 0.164. The zero-order valence-electron chi connectivity index (χ0n) is 14.5. The normalized spacial score (nSPS) is 12.2. The number of unbranched alkanes of at least 4 members (excludes halogenated alkanes) is 1. The van der Waals surface area contributed by atoms with Gasteiger partial charge in [-0.1, -0.05) is 41.0 Å². The Morgan fingerprint density at radius 3 is 1.75 bits per heavy atom. The van der Waals surface area contributed by atoms with E-state index in [0.717, 1.165) is 25.8 Å². The second-order valence-electron chi connectivity index (χ2n) is 7.52. The Labute approximate surface area is 124 Å². The van der Waals surface area contributed by atoms with Crippen LogP contribution in [0.2, 0.25) is 0 Å². The molecule has 118 valence electrons. The molecule has 0 N–H and O–H groups in total. The van der Waals surface area contributed by atoms with Crippen molar-refractivity contribution in [3.8, 4) is 0 Å². The number of amides is 2. The molecule has 20 heavy (non-hydrogen) atoms. The standard InChI is InChI=1S/C16H32N2O2/c1-15(2,3)13(19)18(8)12-10-9-11-16(4,5)14(20)17(6)7/h9-12H2,1-8H3. The summed E-state index contributed by atoms with van der Waals surface area (Å²) in [5.41, 5.74) is -0.648. The lowest BCUT2D eigenvalue weighted by Crippen LogP contribution is -2.38. The summed E-state index contributed by atoms with van der Waals surface area (Å²) in [7, 11) is 5.43. The van der Waals surface area contributed by atoms with Gasteiger partial charge in [0.15, 0.2) is 0 Å². The van der Waals surface area contributed by atoms with Gasteiger partial charge in [-0.05, 0) is 12.8 Å². The van der Waals surface area contributed by atoms with Crippen molar-refractivity contribution < 1.29 is 9.59 Å².